The number of sulfonamides is 1. The molecule has 2 N–H and O–H groups in total. The monoisotopic (exact) mass is 465 g/mol. The Morgan fingerprint density at radius 2 is 1.96 bits per heavy atom. The number of nitrogens with zero attached hydrogens (tertiary/aromatic N) is 1. The maximum atomic E-state index is 12.6. The van der Waals surface area contributed by atoms with Crippen molar-refractivity contribution in [2.24, 2.45) is 5.92 Å². The molecule has 1 atom stereocenters. The fourth-order valence-corrected chi connectivity index (χ4v) is 4.04. The molecular weight excluding hydrogens is 446 g/mol. The van der Waals surface area contributed by atoms with E-state index in [0.29, 0.717) is 17.9 Å². The lowest BCUT2D eigenvalue weighted by Crippen LogP contribution is -2.28. The molecule has 2 aromatic carbocycles. The molecule has 2 aromatic rings. The molecule has 148 valence electrons. The minimum absolute atomic E-state index is 0.110. The van der Waals surface area contributed by atoms with Crippen molar-refractivity contribution in [3.05, 3.63) is 52.5 Å². The third kappa shape index (κ3) is 4.90. The zero-order valence-corrected chi connectivity index (χ0v) is 17.8. The van der Waals surface area contributed by atoms with E-state index in [1.807, 2.05) is 24.3 Å². The van der Waals surface area contributed by atoms with E-state index in [-0.39, 0.29) is 18.2 Å². The summed E-state index contributed by atoms with van der Waals surface area (Å²) in [6.45, 7) is 2.06. The summed E-state index contributed by atoms with van der Waals surface area (Å²) in [5.74, 6) is -0.874. The highest BCUT2D eigenvalue weighted by atomic mass is 79.9. The average Bonchev–Trinajstić information content (AvgIpc) is 2.98. The van der Waals surface area contributed by atoms with Gasteiger partial charge in [-0.3, -0.25) is 14.3 Å². The molecule has 1 unspecified atom stereocenters. The lowest BCUT2D eigenvalue weighted by molar-refractivity contribution is -0.122. The summed E-state index contributed by atoms with van der Waals surface area (Å²) in [6.07, 6.45) is 1.19. The zero-order chi connectivity index (χ0) is 20.5. The number of benzene rings is 2. The molecular formula is C19H20BrN3O4S. The number of carbonyl (C=O) groups is 2. The van der Waals surface area contributed by atoms with Crippen LogP contribution in [0.2, 0.25) is 0 Å². The van der Waals surface area contributed by atoms with Gasteiger partial charge in [-0.25, -0.2) is 8.42 Å². The van der Waals surface area contributed by atoms with E-state index in [9.17, 15) is 18.0 Å². The van der Waals surface area contributed by atoms with Crippen LogP contribution in [0.5, 0.6) is 0 Å². The normalized spacial score (nSPS) is 16.9. The van der Waals surface area contributed by atoms with Gasteiger partial charge in [-0.05, 0) is 42.8 Å². The number of anilines is 3. The Kier molecular flexibility index (Phi) is 5.76. The van der Waals surface area contributed by atoms with E-state index in [0.717, 1.165) is 22.0 Å². The van der Waals surface area contributed by atoms with Crippen LogP contribution in [0.15, 0.2) is 46.9 Å². The SMILES string of the molecule is Cc1ccc(NC(=O)C2CC(=O)N(c3cccc(Br)c3)C2)cc1NS(C)(=O)=O. The molecule has 0 aliphatic carbocycles. The molecule has 1 fully saturated rings. The molecule has 1 aliphatic heterocycles. The van der Waals surface area contributed by atoms with Crippen LogP contribution in [0.25, 0.3) is 0 Å². The molecule has 9 heteroatoms. The lowest BCUT2D eigenvalue weighted by atomic mass is 10.1. The summed E-state index contributed by atoms with van der Waals surface area (Å²) in [7, 11) is -3.43. The van der Waals surface area contributed by atoms with Gasteiger partial charge in [-0.2, -0.15) is 0 Å². The Bertz CT molecular complexity index is 1040. The van der Waals surface area contributed by atoms with Gasteiger partial charge in [0.1, 0.15) is 0 Å². The second kappa shape index (κ2) is 7.92. The Hall–Kier alpha value is -2.39. The van der Waals surface area contributed by atoms with Crippen LogP contribution in [-0.4, -0.2) is 33.0 Å². The second-order valence-corrected chi connectivity index (χ2v) is 9.44. The lowest BCUT2D eigenvalue weighted by Gasteiger charge is -2.17. The summed E-state index contributed by atoms with van der Waals surface area (Å²) >= 11 is 3.38. The molecule has 28 heavy (non-hydrogen) atoms. The number of rotatable bonds is 5. The van der Waals surface area contributed by atoms with Gasteiger partial charge < -0.3 is 10.2 Å². The maximum Gasteiger partial charge on any atom is 0.229 e. The summed E-state index contributed by atoms with van der Waals surface area (Å²) in [6, 6.07) is 12.3. The Morgan fingerprint density at radius 1 is 1.21 bits per heavy atom. The summed E-state index contributed by atoms with van der Waals surface area (Å²) in [5.41, 5.74) is 2.35. The summed E-state index contributed by atoms with van der Waals surface area (Å²) < 4.78 is 26.2. The molecule has 0 bridgehead atoms. The number of nitrogens with one attached hydrogen (secondary N) is 2. The first-order valence-electron chi connectivity index (χ1n) is 8.57. The van der Waals surface area contributed by atoms with Crippen LogP contribution in [0, 0.1) is 12.8 Å². The van der Waals surface area contributed by atoms with Crippen molar-refractivity contribution in [3.8, 4) is 0 Å². The molecule has 0 saturated carbocycles. The van der Waals surface area contributed by atoms with E-state index >= 15 is 0 Å². The van der Waals surface area contributed by atoms with E-state index in [1.165, 1.54) is 0 Å². The van der Waals surface area contributed by atoms with Gasteiger partial charge in [0.25, 0.3) is 0 Å². The number of halogens is 1. The fourth-order valence-electron chi connectivity index (χ4n) is 3.03. The van der Waals surface area contributed by atoms with Gasteiger partial charge in [0.05, 0.1) is 17.9 Å². The van der Waals surface area contributed by atoms with Crippen molar-refractivity contribution >= 4 is 54.8 Å². The van der Waals surface area contributed by atoms with Gasteiger partial charge in [0, 0.05) is 28.8 Å². The number of amides is 2. The van der Waals surface area contributed by atoms with Crippen molar-refractivity contribution in [1.82, 2.24) is 0 Å². The van der Waals surface area contributed by atoms with Crippen molar-refractivity contribution in [3.63, 3.8) is 0 Å². The zero-order valence-electron chi connectivity index (χ0n) is 15.4. The van der Waals surface area contributed by atoms with Crippen molar-refractivity contribution in [2.75, 3.05) is 27.7 Å². The molecule has 0 spiro atoms. The summed E-state index contributed by atoms with van der Waals surface area (Å²) in [4.78, 5) is 26.6. The van der Waals surface area contributed by atoms with Crippen LogP contribution in [0.4, 0.5) is 17.1 Å². The topological polar surface area (TPSA) is 95.6 Å². The van der Waals surface area contributed by atoms with E-state index in [4.69, 9.17) is 0 Å². The highest BCUT2D eigenvalue weighted by Crippen LogP contribution is 2.28. The third-order valence-corrected chi connectivity index (χ3v) is 5.50. The van der Waals surface area contributed by atoms with Crippen molar-refractivity contribution < 1.29 is 18.0 Å². The molecule has 7 nitrogen and oxygen atoms in total. The summed E-state index contributed by atoms with van der Waals surface area (Å²) in [5, 5.41) is 2.78. The molecule has 3 rings (SSSR count). The first-order valence-corrected chi connectivity index (χ1v) is 11.3. The third-order valence-electron chi connectivity index (χ3n) is 4.42. The van der Waals surface area contributed by atoms with Crippen LogP contribution in [0.3, 0.4) is 0 Å². The van der Waals surface area contributed by atoms with Crippen molar-refractivity contribution in [1.29, 1.82) is 0 Å². The van der Waals surface area contributed by atoms with Gasteiger partial charge >= 0.3 is 0 Å². The standard InChI is InChI=1S/C19H20BrN3O4S/c1-12-6-7-15(10-17(12)22-28(2,26)27)21-19(25)13-8-18(24)23(11-13)16-5-3-4-14(20)9-16/h3-7,9-10,13,22H,8,11H2,1-2H3,(H,21,25). The van der Waals surface area contributed by atoms with Crippen molar-refractivity contribution in [2.45, 2.75) is 13.3 Å². The number of carbonyl (C=O) groups excluding carboxylic acids is 2. The fraction of sp³-hybridized carbons (Fsp3) is 0.263. The first kappa shape index (κ1) is 20.3. The maximum absolute atomic E-state index is 12.6. The van der Waals surface area contributed by atoms with E-state index in [2.05, 4.69) is 26.0 Å². The van der Waals surface area contributed by atoms with Gasteiger partial charge in [-0.15, -0.1) is 0 Å². The molecule has 1 heterocycles. The van der Waals surface area contributed by atoms with Gasteiger partial charge in [0.2, 0.25) is 21.8 Å². The number of hydrogen-bond donors (Lipinski definition) is 2. The molecule has 2 amide bonds. The minimum Gasteiger partial charge on any atom is -0.326 e. The smallest absolute Gasteiger partial charge is 0.229 e. The number of hydrogen-bond acceptors (Lipinski definition) is 4. The highest BCUT2D eigenvalue weighted by molar-refractivity contribution is 9.10. The van der Waals surface area contributed by atoms with E-state index < -0.39 is 15.9 Å². The average molecular weight is 466 g/mol. The molecule has 0 radical (unpaired) electrons. The molecule has 1 saturated heterocycles. The van der Waals surface area contributed by atoms with Crippen LogP contribution < -0.4 is 14.9 Å². The Labute approximate surface area is 172 Å². The Morgan fingerprint density at radius 3 is 2.64 bits per heavy atom. The quantitative estimate of drug-likeness (QED) is 0.708. The van der Waals surface area contributed by atoms with Gasteiger partial charge in [-0.1, -0.05) is 28.1 Å². The first-order chi connectivity index (χ1) is 13.1. The van der Waals surface area contributed by atoms with E-state index in [1.54, 1.807) is 30.0 Å². The highest BCUT2D eigenvalue weighted by Gasteiger charge is 2.35. The predicted molar refractivity (Wildman–Crippen MR) is 113 cm³/mol. The van der Waals surface area contributed by atoms with Crippen LogP contribution in [0.1, 0.15) is 12.0 Å². The Balaban J connectivity index is 1.72. The van der Waals surface area contributed by atoms with Crippen LogP contribution in [-0.2, 0) is 19.6 Å². The molecule has 0 aromatic heterocycles. The minimum atomic E-state index is -3.43. The second-order valence-electron chi connectivity index (χ2n) is 6.78. The molecule has 1 aliphatic rings. The number of aryl methyl sites for hydroxylation is 1. The van der Waals surface area contributed by atoms with Crippen LogP contribution >= 0.6 is 15.9 Å². The van der Waals surface area contributed by atoms with Gasteiger partial charge in [0.15, 0.2) is 0 Å². The predicted octanol–water partition coefficient (Wildman–Crippen LogP) is 3.12. The largest absolute Gasteiger partial charge is 0.326 e.